The summed E-state index contributed by atoms with van der Waals surface area (Å²) < 4.78 is 19.3. The third-order valence-corrected chi connectivity index (χ3v) is 13.8. The van der Waals surface area contributed by atoms with Crippen molar-refractivity contribution < 1.29 is 13.3 Å². The molecule has 0 atom stereocenters. The van der Waals surface area contributed by atoms with Gasteiger partial charge >= 0.3 is 0 Å². The van der Waals surface area contributed by atoms with Crippen molar-refractivity contribution in [2.24, 2.45) is 0 Å². The molecule has 310 valence electrons. The lowest BCUT2D eigenvalue weighted by molar-refractivity contribution is 0.660. The molecule has 66 heavy (non-hydrogen) atoms. The summed E-state index contributed by atoms with van der Waals surface area (Å²) in [5, 5.41) is 5.83. The maximum Gasteiger partial charge on any atom is 0.164 e. The van der Waals surface area contributed by atoms with Crippen molar-refractivity contribution in [1.29, 1.82) is 0 Å². The van der Waals surface area contributed by atoms with Crippen LogP contribution >= 0.6 is 0 Å². The maximum atomic E-state index is 6.58. The highest BCUT2D eigenvalue weighted by Crippen LogP contribution is 2.50. The first kappa shape index (κ1) is 36.8. The number of fused-ring (bicyclic) bond motifs is 12. The van der Waals surface area contributed by atoms with E-state index < -0.39 is 0 Å². The zero-order valence-corrected chi connectivity index (χ0v) is 36.0. The van der Waals surface area contributed by atoms with Crippen LogP contribution < -0.4 is 0 Å². The van der Waals surface area contributed by atoms with Crippen LogP contribution in [0.1, 0.15) is 25.0 Å². The van der Waals surface area contributed by atoms with E-state index in [2.05, 4.69) is 129 Å². The van der Waals surface area contributed by atoms with E-state index in [9.17, 15) is 0 Å². The number of aromatic nitrogens is 3. The molecular weight excluding hydrogens is 811 g/mol. The van der Waals surface area contributed by atoms with Gasteiger partial charge in [-0.1, -0.05) is 153 Å². The van der Waals surface area contributed by atoms with E-state index in [0.717, 1.165) is 93.6 Å². The molecule has 4 aromatic heterocycles. The van der Waals surface area contributed by atoms with Crippen molar-refractivity contribution >= 4 is 65.8 Å². The van der Waals surface area contributed by atoms with Crippen LogP contribution in [0.2, 0.25) is 0 Å². The lowest BCUT2D eigenvalue weighted by Gasteiger charge is -2.22. The first-order valence-electron chi connectivity index (χ1n) is 22.3. The zero-order valence-electron chi connectivity index (χ0n) is 36.0. The Hall–Kier alpha value is -8.61. The molecule has 0 N–H and O–H groups in total. The molecule has 0 saturated heterocycles. The molecule has 0 radical (unpaired) electrons. The number of benzene rings is 9. The predicted octanol–water partition coefficient (Wildman–Crippen LogP) is 16.2. The fourth-order valence-corrected chi connectivity index (χ4v) is 10.6. The van der Waals surface area contributed by atoms with Gasteiger partial charge in [0.2, 0.25) is 0 Å². The Kier molecular flexibility index (Phi) is 7.64. The highest BCUT2D eigenvalue weighted by atomic mass is 16.3. The monoisotopic (exact) mass is 847 g/mol. The second-order valence-electron chi connectivity index (χ2n) is 17.9. The van der Waals surface area contributed by atoms with Crippen molar-refractivity contribution in [2.75, 3.05) is 0 Å². The van der Waals surface area contributed by atoms with Crippen LogP contribution in [0.25, 0.3) is 133 Å². The van der Waals surface area contributed by atoms with Crippen molar-refractivity contribution in [3.63, 3.8) is 0 Å². The van der Waals surface area contributed by atoms with Gasteiger partial charge in [-0.05, 0) is 93.0 Å². The Morgan fingerprint density at radius 1 is 0.303 bits per heavy atom. The quantitative estimate of drug-likeness (QED) is 0.172. The van der Waals surface area contributed by atoms with Crippen molar-refractivity contribution in [3.8, 4) is 67.5 Å². The number of furan rings is 3. The number of hydrogen-bond acceptors (Lipinski definition) is 6. The Morgan fingerprint density at radius 3 is 1.26 bits per heavy atom. The summed E-state index contributed by atoms with van der Waals surface area (Å²) in [6.45, 7) is 4.66. The molecule has 0 unspecified atom stereocenters. The molecule has 0 fully saturated rings. The molecule has 1 aliphatic carbocycles. The lowest BCUT2D eigenvalue weighted by Crippen LogP contribution is -2.14. The highest BCUT2D eigenvalue weighted by Gasteiger charge is 2.35. The van der Waals surface area contributed by atoms with E-state index in [4.69, 9.17) is 28.2 Å². The molecule has 13 aromatic rings. The largest absolute Gasteiger partial charge is 0.456 e. The molecule has 0 amide bonds. The molecule has 0 saturated carbocycles. The average Bonchev–Trinajstić information content (AvgIpc) is 4.11. The predicted molar refractivity (Wildman–Crippen MR) is 266 cm³/mol. The van der Waals surface area contributed by atoms with Gasteiger partial charge in [0.1, 0.15) is 33.5 Å². The summed E-state index contributed by atoms with van der Waals surface area (Å²) in [7, 11) is 0. The average molecular weight is 848 g/mol. The fraction of sp³-hybridized carbons (Fsp3) is 0.0500. The number of rotatable bonds is 5. The minimum atomic E-state index is -0.0561. The van der Waals surface area contributed by atoms with Crippen LogP contribution in [-0.2, 0) is 5.41 Å². The van der Waals surface area contributed by atoms with E-state index >= 15 is 0 Å². The molecule has 6 nitrogen and oxygen atoms in total. The summed E-state index contributed by atoms with van der Waals surface area (Å²) in [6.07, 6.45) is 0. The molecular formula is C60H37N3O3. The van der Waals surface area contributed by atoms with Crippen molar-refractivity contribution in [3.05, 3.63) is 199 Å². The van der Waals surface area contributed by atoms with Crippen molar-refractivity contribution in [2.45, 2.75) is 19.3 Å². The molecule has 9 aromatic carbocycles. The van der Waals surface area contributed by atoms with Gasteiger partial charge in [0.05, 0.1) is 0 Å². The van der Waals surface area contributed by atoms with Crippen LogP contribution in [0.15, 0.2) is 201 Å². The summed E-state index contributed by atoms with van der Waals surface area (Å²) in [5.74, 6) is 1.62. The molecule has 0 bridgehead atoms. The van der Waals surface area contributed by atoms with Gasteiger partial charge in [-0.3, -0.25) is 0 Å². The highest BCUT2D eigenvalue weighted by molar-refractivity contribution is 6.15. The van der Waals surface area contributed by atoms with Crippen LogP contribution in [0.5, 0.6) is 0 Å². The van der Waals surface area contributed by atoms with Gasteiger partial charge < -0.3 is 13.3 Å². The van der Waals surface area contributed by atoms with Crippen LogP contribution in [0.3, 0.4) is 0 Å². The van der Waals surface area contributed by atoms with E-state index in [-0.39, 0.29) is 5.41 Å². The molecule has 14 rings (SSSR count). The Morgan fingerprint density at radius 2 is 0.697 bits per heavy atom. The normalized spacial score (nSPS) is 13.1. The Balaban J connectivity index is 0.924. The standard InChI is InChI=1S/C60H37N3O3/c1-60(2)46-18-6-3-12-38(46)39-30-28-37(33-47(39)60)35-26-24-34(25-27-35)36-29-31-50-45(32-36)56-44(17-11-23-53(56)66-50)59-62-57(42-15-9-21-51-54(42)40-13-4-7-19-48(40)64-51)61-58(63-59)43-16-10-22-52-55(43)41-14-5-8-20-49(41)65-52/h3-33H,1-2H3. The smallest absolute Gasteiger partial charge is 0.164 e. The molecule has 4 heterocycles. The zero-order chi connectivity index (χ0) is 43.7. The summed E-state index contributed by atoms with van der Waals surface area (Å²) in [6, 6.07) is 65.5. The Bertz CT molecular complexity index is 4020. The summed E-state index contributed by atoms with van der Waals surface area (Å²) >= 11 is 0. The fourth-order valence-electron chi connectivity index (χ4n) is 10.6. The van der Waals surface area contributed by atoms with E-state index in [1.807, 2.05) is 72.8 Å². The van der Waals surface area contributed by atoms with E-state index in [0.29, 0.717) is 17.5 Å². The van der Waals surface area contributed by atoms with Gasteiger partial charge in [0, 0.05) is 54.4 Å². The summed E-state index contributed by atoms with van der Waals surface area (Å²) in [4.78, 5) is 16.0. The first-order valence-corrected chi connectivity index (χ1v) is 22.3. The van der Waals surface area contributed by atoms with Gasteiger partial charge in [-0.2, -0.15) is 0 Å². The third-order valence-electron chi connectivity index (χ3n) is 13.8. The first-order chi connectivity index (χ1) is 32.4. The maximum absolute atomic E-state index is 6.58. The number of para-hydroxylation sites is 2. The number of hydrogen-bond donors (Lipinski definition) is 0. The van der Waals surface area contributed by atoms with Gasteiger partial charge in [-0.15, -0.1) is 0 Å². The second-order valence-corrected chi connectivity index (χ2v) is 17.9. The topological polar surface area (TPSA) is 78.1 Å². The van der Waals surface area contributed by atoms with Gasteiger partial charge in [0.15, 0.2) is 17.5 Å². The summed E-state index contributed by atoms with van der Waals surface area (Å²) in [5.41, 5.74) is 17.2. The SMILES string of the molecule is CC1(C)c2ccccc2-c2ccc(-c3ccc(-c4ccc5oc6cccc(-c7nc(-c8cccc9oc%10ccccc%10c89)nc(-c8cccc9oc%10ccccc%10c89)n7)c6c5c4)cc3)cc21. The Labute approximate surface area is 378 Å². The molecule has 1 aliphatic rings. The van der Waals surface area contributed by atoms with Crippen LogP contribution in [0, 0.1) is 0 Å². The minimum absolute atomic E-state index is 0.0561. The third kappa shape index (κ3) is 5.39. The van der Waals surface area contributed by atoms with Gasteiger partial charge in [-0.25, -0.2) is 15.0 Å². The van der Waals surface area contributed by atoms with Crippen LogP contribution in [0.4, 0.5) is 0 Å². The van der Waals surface area contributed by atoms with Crippen molar-refractivity contribution in [1.82, 2.24) is 15.0 Å². The minimum Gasteiger partial charge on any atom is -0.456 e. The van der Waals surface area contributed by atoms with Gasteiger partial charge in [0.25, 0.3) is 0 Å². The second kappa shape index (κ2) is 13.7. The molecule has 6 heteroatoms. The van der Waals surface area contributed by atoms with Crippen LogP contribution in [-0.4, -0.2) is 15.0 Å². The lowest BCUT2D eigenvalue weighted by atomic mass is 9.81. The molecule has 0 spiro atoms. The van der Waals surface area contributed by atoms with E-state index in [1.165, 1.54) is 33.4 Å². The number of nitrogens with zero attached hydrogens (tertiary/aromatic N) is 3. The molecule has 0 aliphatic heterocycles. The van der Waals surface area contributed by atoms with E-state index in [1.54, 1.807) is 0 Å².